The molecular weight excluding hydrogens is 807 g/mol. The molecule has 0 radical (unpaired) electrons. The van der Waals surface area contributed by atoms with Crippen molar-refractivity contribution in [2.45, 2.75) is 279 Å². The Balaban J connectivity index is -0.000000231. The zero-order valence-electron chi connectivity index (χ0n) is 48.8. The van der Waals surface area contributed by atoms with E-state index < -0.39 is 0 Å². The molecule has 4 atom stereocenters. The number of unbranched alkanes of at least 4 members (excludes halogenated alkanes) is 5. The van der Waals surface area contributed by atoms with Gasteiger partial charge in [-0.1, -0.05) is 183 Å². The van der Waals surface area contributed by atoms with Gasteiger partial charge >= 0.3 is 11.9 Å². The van der Waals surface area contributed by atoms with E-state index in [2.05, 4.69) is 102 Å². The molecule has 1 rings (SSSR count). The van der Waals surface area contributed by atoms with Crippen LogP contribution in [0.25, 0.3) is 0 Å². The lowest BCUT2D eigenvalue weighted by molar-refractivity contribution is -0.179. The second kappa shape index (κ2) is 47.9. The highest BCUT2D eigenvalue weighted by Gasteiger charge is 2.39. The third kappa shape index (κ3) is 57.1. The molecule has 1 fully saturated rings. The smallest absolute Gasteiger partial charge is 0.305 e. The Hall–Kier alpha value is -1.18. The SMILES string of the molecule is CC(C)CCC(CC(C)C)C(C)C.CCC(CCC(C)C)C(C)C.CCCC(=O)OCC.CCCC(=O)OCC(C)(C)C.CCCCCCC1(CCCCC)OCC(CC)O1.CN(C)C. The summed E-state index contributed by atoms with van der Waals surface area (Å²) in [6, 6.07) is 0. The van der Waals surface area contributed by atoms with Crippen molar-refractivity contribution >= 4 is 11.9 Å². The largest absolute Gasteiger partial charge is 0.466 e. The van der Waals surface area contributed by atoms with E-state index in [1.54, 1.807) is 0 Å². The van der Waals surface area contributed by atoms with E-state index >= 15 is 0 Å². The summed E-state index contributed by atoms with van der Waals surface area (Å²) in [5, 5.41) is 0. The molecule has 4 unspecified atom stereocenters. The summed E-state index contributed by atoms with van der Waals surface area (Å²) in [5.74, 6) is 5.84. The van der Waals surface area contributed by atoms with Crippen molar-refractivity contribution in [3.05, 3.63) is 0 Å². The molecule has 1 heterocycles. The summed E-state index contributed by atoms with van der Waals surface area (Å²) in [5.41, 5.74) is 0.0867. The van der Waals surface area contributed by atoms with Crippen molar-refractivity contribution in [3.63, 3.8) is 0 Å². The predicted molar refractivity (Wildman–Crippen MR) is 288 cm³/mol. The van der Waals surface area contributed by atoms with Gasteiger partial charge < -0.3 is 23.8 Å². The van der Waals surface area contributed by atoms with Gasteiger partial charge in [-0.25, -0.2) is 0 Å². The molecule has 0 aromatic heterocycles. The Morgan fingerprint density at radius 3 is 1.37 bits per heavy atom. The Labute approximate surface area is 410 Å². The topological polar surface area (TPSA) is 74.3 Å². The van der Waals surface area contributed by atoms with E-state index in [1.807, 2.05) is 67.6 Å². The van der Waals surface area contributed by atoms with Gasteiger partial charge in [-0.2, -0.15) is 0 Å². The van der Waals surface area contributed by atoms with Gasteiger partial charge in [-0.15, -0.1) is 0 Å². The molecule has 0 amide bonds. The van der Waals surface area contributed by atoms with Crippen LogP contribution in [0.15, 0.2) is 0 Å². The third-order valence-electron chi connectivity index (χ3n) is 11.2. The zero-order valence-corrected chi connectivity index (χ0v) is 48.8. The molecule has 0 N–H and O–H groups in total. The molecule has 7 nitrogen and oxygen atoms in total. The van der Waals surface area contributed by atoms with Crippen LogP contribution in [0, 0.1) is 46.8 Å². The molecule has 0 aliphatic carbocycles. The number of hydrogen-bond donors (Lipinski definition) is 0. The Kier molecular flexibility index (Phi) is 53.6. The minimum absolute atomic E-state index is 0.0811. The van der Waals surface area contributed by atoms with Gasteiger partial charge in [0, 0.05) is 25.7 Å². The van der Waals surface area contributed by atoms with Crippen molar-refractivity contribution in [2.24, 2.45) is 46.8 Å². The molecule has 0 aromatic carbocycles. The average Bonchev–Trinajstić information content (AvgIpc) is 3.61. The second-order valence-corrected chi connectivity index (χ2v) is 22.5. The van der Waals surface area contributed by atoms with Gasteiger partial charge in [0.1, 0.15) is 0 Å². The first-order chi connectivity index (χ1) is 30.3. The van der Waals surface area contributed by atoms with Gasteiger partial charge in [0.15, 0.2) is 5.79 Å². The van der Waals surface area contributed by atoms with Gasteiger partial charge in [0.2, 0.25) is 0 Å². The molecule has 65 heavy (non-hydrogen) atoms. The van der Waals surface area contributed by atoms with E-state index in [9.17, 15) is 9.59 Å². The van der Waals surface area contributed by atoms with Crippen molar-refractivity contribution in [1.82, 2.24) is 4.90 Å². The Bertz CT molecular complexity index is 976. The van der Waals surface area contributed by atoms with E-state index in [4.69, 9.17) is 14.2 Å². The summed E-state index contributed by atoms with van der Waals surface area (Å²) >= 11 is 0. The van der Waals surface area contributed by atoms with E-state index in [0.29, 0.717) is 32.2 Å². The van der Waals surface area contributed by atoms with Crippen LogP contribution in [0.5, 0.6) is 0 Å². The van der Waals surface area contributed by atoms with Crippen LogP contribution in [-0.2, 0) is 28.5 Å². The number of carbonyl (C=O) groups excluding carboxylic acids is 2. The maximum absolute atomic E-state index is 10.9. The first-order valence-electron chi connectivity index (χ1n) is 27.5. The molecule has 1 aliphatic heterocycles. The summed E-state index contributed by atoms with van der Waals surface area (Å²) in [6.07, 6.45) is 23.8. The van der Waals surface area contributed by atoms with Crippen LogP contribution >= 0.6 is 0 Å². The third-order valence-corrected chi connectivity index (χ3v) is 11.2. The second-order valence-electron chi connectivity index (χ2n) is 22.5. The Morgan fingerprint density at radius 1 is 0.600 bits per heavy atom. The molecule has 0 spiro atoms. The van der Waals surface area contributed by atoms with Gasteiger partial charge in [-0.3, -0.25) is 9.59 Å². The maximum Gasteiger partial charge on any atom is 0.305 e. The molecule has 7 heteroatoms. The number of carbonyl (C=O) groups is 2. The standard InChI is InChI=1S/C16H32O2.C13H28.C11H24.C9H18O2.C6H12O2.C3H9N/c1-4-7-9-11-13-16(12-10-8-5-2)17-14-15(6-3)18-16;1-10(2)7-8-13(12(5)6)9-11(3)4;1-6-11(10(4)5)8-7-9(2)3;1-5-6-8(10)11-7-9(2,3)4;1-3-5-6(7)8-4-2;1-4(2)3/h15H,4-14H2,1-3H3;10-13H,7-9H2,1-6H3;9-11H,6-8H2,1-5H3;5-7H2,1-4H3;3-5H2,1-2H3;1-3H3. The lowest BCUT2D eigenvalue weighted by atomic mass is 9.83. The summed E-state index contributed by atoms with van der Waals surface area (Å²) < 4.78 is 21.9. The zero-order chi connectivity index (χ0) is 51.4. The number of nitrogens with zero attached hydrogens (tertiary/aromatic N) is 1. The van der Waals surface area contributed by atoms with Crippen LogP contribution in [0.2, 0.25) is 0 Å². The minimum Gasteiger partial charge on any atom is -0.466 e. The quantitative estimate of drug-likeness (QED) is 0.0600. The van der Waals surface area contributed by atoms with Gasteiger partial charge in [-0.05, 0) is 126 Å². The van der Waals surface area contributed by atoms with Crippen LogP contribution in [0.1, 0.15) is 267 Å². The first-order valence-corrected chi connectivity index (χ1v) is 27.5. The van der Waals surface area contributed by atoms with E-state index in [0.717, 1.165) is 80.1 Å². The first kappa shape index (κ1) is 72.8. The number of ether oxygens (including phenoxy) is 4. The van der Waals surface area contributed by atoms with Crippen LogP contribution in [-0.4, -0.2) is 69.7 Å². The molecule has 396 valence electrons. The molecule has 1 saturated heterocycles. The van der Waals surface area contributed by atoms with Crippen LogP contribution < -0.4 is 0 Å². The Morgan fingerprint density at radius 2 is 1.03 bits per heavy atom. The van der Waals surface area contributed by atoms with Gasteiger partial charge in [0.05, 0.1) is 25.9 Å². The number of esters is 2. The van der Waals surface area contributed by atoms with E-state index in [-0.39, 0.29) is 23.1 Å². The molecule has 0 saturated carbocycles. The fraction of sp³-hybridized carbons (Fsp3) is 0.966. The summed E-state index contributed by atoms with van der Waals surface area (Å²) in [6.45, 7) is 46.1. The fourth-order valence-corrected chi connectivity index (χ4v) is 7.11. The van der Waals surface area contributed by atoms with E-state index in [1.165, 1.54) is 83.5 Å². The lowest BCUT2D eigenvalue weighted by Gasteiger charge is -2.28. The maximum atomic E-state index is 10.9. The van der Waals surface area contributed by atoms with Crippen molar-refractivity contribution in [3.8, 4) is 0 Å². The monoisotopic (exact) mass is 930 g/mol. The fourth-order valence-electron chi connectivity index (χ4n) is 7.11. The summed E-state index contributed by atoms with van der Waals surface area (Å²) in [7, 11) is 6.00. The molecule has 1 aliphatic rings. The summed E-state index contributed by atoms with van der Waals surface area (Å²) in [4.78, 5) is 23.3. The van der Waals surface area contributed by atoms with Gasteiger partial charge in [0.25, 0.3) is 0 Å². The predicted octanol–water partition coefficient (Wildman–Crippen LogP) is 17.8. The number of hydrogen-bond acceptors (Lipinski definition) is 7. The van der Waals surface area contributed by atoms with Crippen molar-refractivity contribution < 1.29 is 28.5 Å². The highest BCUT2D eigenvalue weighted by molar-refractivity contribution is 5.69. The normalized spacial score (nSPS) is 16.6. The van der Waals surface area contributed by atoms with Crippen LogP contribution in [0.4, 0.5) is 0 Å². The highest BCUT2D eigenvalue weighted by Crippen LogP contribution is 2.35. The average molecular weight is 931 g/mol. The van der Waals surface area contributed by atoms with Crippen LogP contribution in [0.3, 0.4) is 0 Å². The highest BCUT2D eigenvalue weighted by atomic mass is 16.7. The number of rotatable bonds is 27. The molecule has 0 bridgehead atoms. The van der Waals surface area contributed by atoms with Crippen molar-refractivity contribution in [1.29, 1.82) is 0 Å². The van der Waals surface area contributed by atoms with Crippen molar-refractivity contribution in [2.75, 3.05) is 41.0 Å². The minimum atomic E-state index is -0.233. The lowest BCUT2D eigenvalue weighted by Crippen LogP contribution is -2.31. The molecule has 0 aromatic rings. The molecular formula is C58H123NO6.